The third kappa shape index (κ3) is 2.28. The molecule has 0 heterocycles. The Morgan fingerprint density at radius 3 is 2.60 bits per heavy atom. The van der Waals surface area contributed by atoms with E-state index in [0.29, 0.717) is 0 Å². The van der Waals surface area contributed by atoms with Gasteiger partial charge in [0.05, 0.1) is 0 Å². The van der Waals surface area contributed by atoms with Gasteiger partial charge in [-0.25, -0.2) is 0 Å². The first-order valence-electron chi connectivity index (χ1n) is 4.64. The molecule has 1 N–H and O–H groups in total. The average molecular weight is 220 g/mol. The van der Waals surface area contributed by atoms with E-state index in [1.165, 1.54) is 0 Å². The smallest absolute Gasteiger partial charge is 0.239 e. The summed E-state index contributed by atoms with van der Waals surface area (Å²) >= 11 is 5.41. The molecule has 0 aliphatic heterocycles. The van der Waals surface area contributed by atoms with Crippen molar-refractivity contribution in [2.24, 2.45) is 0 Å². The van der Waals surface area contributed by atoms with Crippen LogP contribution in [0.3, 0.4) is 0 Å². The molecule has 0 aromatic heterocycles. The summed E-state index contributed by atoms with van der Waals surface area (Å²) in [4.78, 5) is 11.1. The first kappa shape index (κ1) is 9.99. The lowest BCUT2D eigenvalue weighted by Gasteiger charge is -2.04. The quantitative estimate of drug-likeness (QED) is 0.773. The number of hydrogen-bond acceptors (Lipinski definition) is 1. The van der Waals surface area contributed by atoms with Crippen LogP contribution in [0.5, 0.6) is 0 Å². The van der Waals surface area contributed by atoms with E-state index in [9.17, 15) is 4.79 Å². The van der Waals surface area contributed by atoms with Crippen LogP contribution < -0.4 is 5.32 Å². The van der Waals surface area contributed by atoms with Crippen LogP contribution in [-0.4, -0.2) is 11.8 Å². The Bertz CT molecular complexity index is 496. The molecule has 0 radical (unpaired) electrons. The molecule has 2 nitrogen and oxygen atoms in total. The number of halogens is 1. The summed E-state index contributed by atoms with van der Waals surface area (Å²) in [6.45, 7) is 0. The summed E-state index contributed by atoms with van der Waals surface area (Å²) in [6, 6.07) is 13.8. The molecule has 0 spiro atoms. The molecule has 3 heteroatoms. The number of alkyl halides is 1. The lowest BCUT2D eigenvalue weighted by molar-refractivity contribution is -0.113. The molecule has 2 aromatic rings. The maximum Gasteiger partial charge on any atom is 0.239 e. The molecule has 15 heavy (non-hydrogen) atoms. The Morgan fingerprint density at radius 1 is 1.13 bits per heavy atom. The highest BCUT2D eigenvalue weighted by atomic mass is 35.5. The fourth-order valence-electron chi connectivity index (χ4n) is 1.46. The molecule has 0 unspecified atom stereocenters. The Labute approximate surface area is 92.9 Å². The van der Waals surface area contributed by atoms with Gasteiger partial charge < -0.3 is 5.32 Å². The van der Waals surface area contributed by atoms with Gasteiger partial charge in [-0.1, -0.05) is 30.3 Å². The molecule has 0 saturated carbocycles. The molecular weight excluding hydrogens is 210 g/mol. The minimum atomic E-state index is -0.188. The van der Waals surface area contributed by atoms with Gasteiger partial charge in [0.15, 0.2) is 0 Å². The van der Waals surface area contributed by atoms with Crippen molar-refractivity contribution in [1.82, 2.24) is 0 Å². The summed E-state index contributed by atoms with van der Waals surface area (Å²) in [6.07, 6.45) is 0. The number of benzene rings is 2. The van der Waals surface area contributed by atoms with E-state index in [-0.39, 0.29) is 11.8 Å². The number of amides is 1. The molecule has 2 rings (SSSR count). The number of anilines is 1. The number of rotatable bonds is 2. The molecule has 0 saturated heterocycles. The molecular formula is C12H10ClNO. The largest absolute Gasteiger partial charge is 0.325 e. The molecule has 0 fully saturated rings. The molecule has 0 aliphatic rings. The fraction of sp³-hybridized carbons (Fsp3) is 0.0833. The van der Waals surface area contributed by atoms with Crippen molar-refractivity contribution < 1.29 is 4.79 Å². The molecule has 0 atom stereocenters. The normalized spacial score (nSPS) is 10.2. The Morgan fingerprint density at radius 2 is 1.87 bits per heavy atom. The zero-order chi connectivity index (χ0) is 10.7. The van der Waals surface area contributed by atoms with Crippen molar-refractivity contribution in [2.45, 2.75) is 0 Å². The van der Waals surface area contributed by atoms with Crippen LogP contribution in [0.25, 0.3) is 10.8 Å². The number of carbonyl (C=O) groups excluding carboxylic acids is 1. The molecule has 2 aromatic carbocycles. The highest BCUT2D eigenvalue weighted by Gasteiger charge is 2.00. The van der Waals surface area contributed by atoms with E-state index < -0.39 is 0 Å². The minimum absolute atomic E-state index is 0.0210. The maximum absolute atomic E-state index is 11.1. The zero-order valence-corrected chi connectivity index (χ0v) is 8.79. The van der Waals surface area contributed by atoms with Crippen LogP contribution in [0, 0.1) is 0 Å². The molecule has 1 amide bonds. The van der Waals surface area contributed by atoms with Crippen molar-refractivity contribution >= 4 is 34.0 Å². The molecule has 0 bridgehead atoms. The Hall–Kier alpha value is -1.54. The van der Waals surface area contributed by atoms with Gasteiger partial charge in [0.1, 0.15) is 5.88 Å². The first-order valence-corrected chi connectivity index (χ1v) is 5.17. The van der Waals surface area contributed by atoms with E-state index in [4.69, 9.17) is 11.6 Å². The zero-order valence-electron chi connectivity index (χ0n) is 8.03. The topological polar surface area (TPSA) is 29.1 Å². The van der Waals surface area contributed by atoms with Crippen LogP contribution >= 0.6 is 11.6 Å². The summed E-state index contributed by atoms with van der Waals surface area (Å²) in [5, 5.41) is 4.97. The predicted molar refractivity (Wildman–Crippen MR) is 63.3 cm³/mol. The number of fused-ring (bicyclic) bond motifs is 1. The highest BCUT2D eigenvalue weighted by Crippen LogP contribution is 2.18. The summed E-state index contributed by atoms with van der Waals surface area (Å²) in [5.74, 6) is -0.209. The van der Waals surface area contributed by atoms with E-state index in [0.717, 1.165) is 16.5 Å². The van der Waals surface area contributed by atoms with Crippen molar-refractivity contribution in [1.29, 1.82) is 0 Å². The van der Waals surface area contributed by atoms with E-state index in [1.807, 2.05) is 42.5 Å². The lowest BCUT2D eigenvalue weighted by Crippen LogP contribution is -2.12. The third-order valence-electron chi connectivity index (χ3n) is 2.15. The van der Waals surface area contributed by atoms with Gasteiger partial charge >= 0.3 is 0 Å². The first-order chi connectivity index (χ1) is 7.29. The lowest BCUT2D eigenvalue weighted by atomic mass is 10.1. The Kier molecular flexibility index (Phi) is 2.88. The second kappa shape index (κ2) is 4.32. The molecule has 76 valence electrons. The van der Waals surface area contributed by atoms with Crippen LogP contribution in [0.1, 0.15) is 0 Å². The highest BCUT2D eigenvalue weighted by molar-refractivity contribution is 6.29. The Balaban J connectivity index is 2.34. The van der Waals surface area contributed by atoms with Crippen LogP contribution in [-0.2, 0) is 4.79 Å². The van der Waals surface area contributed by atoms with E-state index in [2.05, 4.69) is 5.32 Å². The van der Waals surface area contributed by atoms with Crippen molar-refractivity contribution in [3.63, 3.8) is 0 Å². The van der Waals surface area contributed by atoms with Crippen LogP contribution in [0.15, 0.2) is 42.5 Å². The van der Waals surface area contributed by atoms with Crippen molar-refractivity contribution in [3.8, 4) is 0 Å². The minimum Gasteiger partial charge on any atom is -0.325 e. The maximum atomic E-state index is 11.1. The van der Waals surface area contributed by atoms with Gasteiger partial charge in [-0.3, -0.25) is 4.79 Å². The van der Waals surface area contributed by atoms with Gasteiger partial charge in [-0.15, -0.1) is 11.6 Å². The van der Waals surface area contributed by atoms with Crippen LogP contribution in [0.4, 0.5) is 5.69 Å². The van der Waals surface area contributed by atoms with Crippen molar-refractivity contribution in [3.05, 3.63) is 42.5 Å². The van der Waals surface area contributed by atoms with Gasteiger partial charge in [0, 0.05) is 5.69 Å². The summed E-state index contributed by atoms with van der Waals surface area (Å²) in [7, 11) is 0. The fourth-order valence-corrected chi connectivity index (χ4v) is 1.53. The monoisotopic (exact) mass is 219 g/mol. The van der Waals surface area contributed by atoms with E-state index >= 15 is 0 Å². The molecule has 0 aliphatic carbocycles. The van der Waals surface area contributed by atoms with Gasteiger partial charge in [0.2, 0.25) is 5.91 Å². The predicted octanol–water partition coefficient (Wildman–Crippen LogP) is 3.02. The number of nitrogens with one attached hydrogen (secondary N) is 1. The summed E-state index contributed by atoms with van der Waals surface area (Å²) in [5.41, 5.74) is 0.777. The second-order valence-electron chi connectivity index (χ2n) is 3.24. The second-order valence-corrected chi connectivity index (χ2v) is 3.51. The standard InChI is InChI=1S/C12H10ClNO/c13-8-12(15)14-11-6-5-9-3-1-2-4-10(9)7-11/h1-7H,8H2,(H,14,15). The third-order valence-corrected chi connectivity index (χ3v) is 2.40. The summed E-state index contributed by atoms with van der Waals surface area (Å²) < 4.78 is 0. The van der Waals surface area contributed by atoms with Gasteiger partial charge in [0.25, 0.3) is 0 Å². The van der Waals surface area contributed by atoms with Gasteiger partial charge in [-0.05, 0) is 22.9 Å². The van der Waals surface area contributed by atoms with E-state index in [1.54, 1.807) is 0 Å². The number of carbonyl (C=O) groups is 1. The van der Waals surface area contributed by atoms with Crippen molar-refractivity contribution in [2.75, 3.05) is 11.2 Å². The SMILES string of the molecule is O=C(CCl)Nc1ccc2ccccc2c1. The number of hydrogen-bond donors (Lipinski definition) is 1. The van der Waals surface area contributed by atoms with Gasteiger partial charge in [-0.2, -0.15) is 0 Å². The average Bonchev–Trinajstić information content (AvgIpc) is 2.29. The van der Waals surface area contributed by atoms with Crippen LogP contribution in [0.2, 0.25) is 0 Å².